The Morgan fingerprint density at radius 1 is 1.00 bits per heavy atom. The lowest BCUT2D eigenvalue weighted by molar-refractivity contribution is -0.136. The van der Waals surface area contributed by atoms with Gasteiger partial charge in [-0.25, -0.2) is 4.79 Å². The minimum absolute atomic E-state index is 0.175. The molecule has 0 radical (unpaired) electrons. The Kier molecular flexibility index (Phi) is 4.61. The van der Waals surface area contributed by atoms with Crippen molar-refractivity contribution in [2.45, 2.75) is 6.92 Å². The zero-order valence-electron chi connectivity index (χ0n) is 11.9. The van der Waals surface area contributed by atoms with Crippen LogP contribution in [0.15, 0.2) is 60.4 Å². The van der Waals surface area contributed by atoms with E-state index in [1.807, 2.05) is 37.3 Å². The zero-order chi connectivity index (χ0) is 15.2. The Morgan fingerprint density at radius 3 is 2.14 bits per heavy atom. The first kappa shape index (κ1) is 14.7. The minimum atomic E-state index is -1.18. The Balaban J connectivity index is 2.46. The largest absolute Gasteiger partial charge is 0.487 e. The summed E-state index contributed by atoms with van der Waals surface area (Å²) >= 11 is 0. The third-order valence-corrected chi connectivity index (χ3v) is 2.88. The molecule has 0 amide bonds. The molecule has 0 aliphatic rings. The van der Waals surface area contributed by atoms with E-state index in [0.717, 1.165) is 5.56 Å². The van der Waals surface area contributed by atoms with Gasteiger partial charge in [-0.15, -0.1) is 0 Å². The predicted octanol–water partition coefficient (Wildman–Crippen LogP) is 3.47. The summed E-state index contributed by atoms with van der Waals surface area (Å²) in [6.45, 7) is 1.97. The molecule has 4 nitrogen and oxygen atoms in total. The molecule has 2 aromatic rings. The number of carbonyl (C=O) groups is 1. The highest BCUT2D eigenvalue weighted by molar-refractivity contribution is 5.93. The zero-order valence-corrected chi connectivity index (χ0v) is 11.9. The smallest absolute Gasteiger partial charge is 0.375 e. The lowest BCUT2D eigenvalue weighted by atomic mass is 10.1. The third-order valence-electron chi connectivity index (χ3n) is 2.88. The first-order chi connectivity index (χ1) is 10.1. The van der Waals surface area contributed by atoms with E-state index in [1.54, 1.807) is 24.3 Å². The monoisotopic (exact) mass is 284 g/mol. The fourth-order valence-corrected chi connectivity index (χ4v) is 1.83. The first-order valence-electron chi connectivity index (χ1n) is 6.43. The SMILES string of the molecule is CO/C(C(=O)O)=C(/Oc1ccc(C)cc1)c1ccccc1. The van der Waals surface area contributed by atoms with E-state index in [9.17, 15) is 9.90 Å². The Bertz CT molecular complexity index is 642. The van der Waals surface area contributed by atoms with Crippen LogP contribution in [0.4, 0.5) is 0 Å². The van der Waals surface area contributed by atoms with Crippen LogP contribution in [0.2, 0.25) is 0 Å². The summed E-state index contributed by atoms with van der Waals surface area (Å²) < 4.78 is 10.7. The predicted molar refractivity (Wildman–Crippen MR) is 79.8 cm³/mol. The van der Waals surface area contributed by atoms with E-state index in [4.69, 9.17) is 9.47 Å². The third kappa shape index (κ3) is 3.63. The van der Waals surface area contributed by atoms with E-state index in [-0.39, 0.29) is 11.5 Å². The molecule has 21 heavy (non-hydrogen) atoms. The topological polar surface area (TPSA) is 55.8 Å². The molecule has 0 saturated carbocycles. The highest BCUT2D eigenvalue weighted by Gasteiger charge is 2.19. The fourth-order valence-electron chi connectivity index (χ4n) is 1.83. The second-order valence-corrected chi connectivity index (χ2v) is 4.45. The number of hydrogen-bond donors (Lipinski definition) is 1. The maximum atomic E-state index is 11.3. The van der Waals surface area contributed by atoms with Gasteiger partial charge in [-0.1, -0.05) is 48.0 Å². The second kappa shape index (κ2) is 6.61. The van der Waals surface area contributed by atoms with Crippen molar-refractivity contribution in [2.24, 2.45) is 0 Å². The summed E-state index contributed by atoms with van der Waals surface area (Å²) in [4.78, 5) is 11.3. The van der Waals surface area contributed by atoms with Crippen LogP contribution in [0.25, 0.3) is 5.76 Å². The summed E-state index contributed by atoms with van der Waals surface area (Å²) in [6, 6.07) is 16.4. The molecule has 108 valence electrons. The van der Waals surface area contributed by atoms with Gasteiger partial charge in [-0.05, 0) is 19.1 Å². The lowest BCUT2D eigenvalue weighted by Crippen LogP contribution is -2.10. The van der Waals surface area contributed by atoms with Crippen molar-refractivity contribution < 1.29 is 19.4 Å². The molecular formula is C17H16O4. The number of ether oxygens (including phenoxy) is 2. The lowest BCUT2D eigenvalue weighted by Gasteiger charge is -2.13. The molecule has 0 unspecified atom stereocenters. The van der Waals surface area contributed by atoms with Crippen LogP contribution >= 0.6 is 0 Å². The molecule has 0 saturated heterocycles. The number of hydrogen-bond acceptors (Lipinski definition) is 3. The summed E-state index contributed by atoms with van der Waals surface area (Å²) in [5.41, 5.74) is 1.73. The van der Waals surface area contributed by atoms with E-state index >= 15 is 0 Å². The van der Waals surface area contributed by atoms with Crippen LogP contribution in [0.3, 0.4) is 0 Å². The maximum absolute atomic E-state index is 11.3. The average Bonchev–Trinajstić information content (AvgIpc) is 2.49. The molecule has 0 atom stereocenters. The summed E-state index contributed by atoms with van der Waals surface area (Å²) in [5, 5.41) is 9.26. The molecule has 0 aromatic heterocycles. The maximum Gasteiger partial charge on any atom is 0.375 e. The van der Waals surface area contributed by atoms with Gasteiger partial charge in [-0.2, -0.15) is 0 Å². The Labute approximate surface area is 123 Å². The van der Waals surface area contributed by atoms with Gasteiger partial charge in [0.1, 0.15) is 5.75 Å². The average molecular weight is 284 g/mol. The van der Waals surface area contributed by atoms with Crippen molar-refractivity contribution in [2.75, 3.05) is 7.11 Å². The molecule has 1 N–H and O–H groups in total. The van der Waals surface area contributed by atoms with E-state index in [2.05, 4.69) is 0 Å². The van der Waals surface area contributed by atoms with Crippen molar-refractivity contribution in [1.82, 2.24) is 0 Å². The minimum Gasteiger partial charge on any atom is -0.487 e. The number of rotatable bonds is 5. The molecule has 0 heterocycles. The van der Waals surface area contributed by atoms with Crippen molar-refractivity contribution in [3.8, 4) is 5.75 Å². The van der Waals surface area contributed by atoms with Crippen LogP contribution in [0.1, 0.15) is 11.1 Å². The van der Waals surface area contributed by atoms with Gasteiger partial charge in [0.25, 0.3) is 0 Å². The molecule has 2 rings (SSSR count). The van der Waals surface area contributed by atoms with Crippen LogP contribution in [0.5, 0.6) is 5.75 Å². The Morgan fingerprint density at radius 2 is 1.62 bits per heavy atom. The standard InChI is InChI=1S/C17H16O4/c1-12-8-10-14(11-9-12)21-15(16(20-2)17(18)19)13-6-4-3-5-7-13/h3-11H,1-2H3,(H,18,19)/b16-15+. The summed E-state index contributed by atoms with van der Waals surface area (Å²) in [5.74, 6) is -0.685. The quantitative estimate of drug-likeness (QED) is 0.674. The molecule has 4 heteroatoms. The van der Waals surface area contributed by atoms with Crippen LogP contribution in [0, 0.1) is 6.92 Å². The van der Waals surface area contributed by atoms with Gasteiger partial charge >= 0.3 is 5.97 Å². The number of aliphatic carboxylic acids is 1. The molecule has 2 aromatic carbocycles. The fraction of sp³-hybridized carbons (Fsp3) is 0.118. The van der Waals surface area contributed by atoms with Crippen LogP contribution in [-0.2, 0) is 9.53 Å². The molecule has 0 bridgehead atoms. The molecule has 0 aliphatic heterocycles. The molecule has 0 aliphatic carbocycles. The first-order valence-corrected chi connectivity index (χ1v) is 6.43. The van der Waals surface area contributed by atoms with Gasteiger partial charge in [0.2, 0.25) is 5.76 Å². The summed E-state index contributed by atoms with van der Waals surface area (Å²) in [7, 11) is 1.31. The molecule has 0 fully saturated rings. The van der Waals surface area contributed by atoms with Gasteiger partial charge < -0.3 is 14.6 Å². The van der Waals surface area contributed by atoms with Crippen molar-refractivity contribution in [3.63, 3.8) is 0 Å². The molecular weight excluding hydrogens is 268 g/mol. The number of carboxylic acids is 1. The number of carboxylic acid groups (broad SMARTS) is 1. The van der Waals surface area contributed by atoms with Gasteiger partial charge in [-0.3, -0.25) is 0 Å². The van der Waals surface area contributed by atoms with Crippen molar-refractivity contribution >= 4 is 11.7 Å². The number of benzene rings is 2. The van der Waals surface area contributed by atoms with Crippen LogP contribution < -0.4 is 4.74 Å². The van der Waals surface area contributed by atoms with Crippen LogP contribution in [-0.4, -0.2) is 18.2 Å². The van der Waals surface area contributed by atoms with Crippen molar-refractivity contribution in [1.29, 1.82) is 0 Å². The van der Waals surface area contributed by atoms with Gasteiger partial charge in [0.15, 0.2) is 5.76 Å². The Hall–Kier alpha value is -2.75. The second-order valence-electron chi connectivity index (χ2n) is 4.45. The highest BCUT2D eigenvalue weighted by Crippen LogP contribution is 2.25. The van der Waals surface area contributed by atoms with Crippen molar-refractivity contribution in [3.05, 3.63) is 71.5 Å². The highest BCUT2D eigenvalue weighted by atomic mass is 16.5. The van der Waals surface area contributed by atoms with Gasteiger partial charge in [0.05, 0.1) is 7.11 Å². The normalized spacial score (nSPS) is 11.5. The number of aryl methyl sites for hydroxylation is 1. The van der Waals surface area contributed by atoms with E-state index < -0.39 is 5.97 Å². The van der Waals surface area contributed by atoms with Gasteiger partial charge in [0, 0.05) is 5.56 Å². The number of methoxy groups -OCH3 is 1. The molecule has 0 spiro atoms. The van der Waals surface area contributed by atoms with E-state index in [0.29, 0.717) is 11.3 Å². The van der Waals surface area contributed by atoms with E-state index in [1.165, 1.54) is 7.11 Å². The summed E-state index contributed by atoms with van der Waals surface area (Å²) in [6.07, 6.45) is 0.